The molecule has 2 N–H and O–H groups in total. The number of rotatable bonds is 6. The zero-order chi connectivity index (χ0) is 26.8. The third kappa shape index (κ3) is 5.74. The van der Waals surface area contributed by atoms with E-state index >= 15 is 0 Å². The maximum absolute atomic E-state index is 13.3. The lowest BCUT2D eigenvalue weighted by atomic mass is 9.84. The largest absolute Gasteiger partial charge is 0.466 e. The van der Waals surface area contributed by atoms with Crippen molar-refractivity contribution in [3.05, 3.63) is 64.5 Å². The normalized spacial score (nSPS) is 15.7. The molecule has 0 aliphatic carbocycles. The van der Waals surface area contributed by atoms with Gasteiger partial charge in [-0.1, -0.05) is 6.07 Å². The summed E-state index contributed by atoms with van der Waals surface area (Å²) in [6.45, 7) is 3.11. The second-order valence-corrected chi connectivity index (χ2v) is 7.71. The van der Waals surface area contributed by atoms with Crippen LogP contribution in [0.5, 0.6) is 5.75 Å². The van der Waals surface area contributed by atoms with Crippen molar-refractivity contribution in [1.29, 1.82) is 0 Å². The minimum Gasteiger partial charge on any atom is -0.466 e. The average molecular weight is 517 g/mol. The Labute approximate surface area is 201 Å². The first-order chi connectivity index (χ1) is 16.8. The zero-order valence-corrected chi connectivity index (χ0v) is 19.0. The quantitative estimate of drug-likeness (QED) is 0.399. The third-order valence-corrected chi connectivity index (χ3v) is 5.31. The highest BCUT2D eigenvalue weighted by Gasteiger charge is 2.38. The monoisotopic (exact) mass is 517 g/mol. The van der Waals surface area contributed by atoms with Crippen LogP contribution < -0.4 is 10.5 Å². The van der Waals surface area contributed by atoms with Crippen molar-refractivity contribution in [3.8, 4) is 16.9 Å². The van der Waals surface area contributed by atoms with Crippen molar-refractivity contribution in [2.24, 2.45) is 5.73 Å². The third-order valence-electron chi connectivity index (χ3n) is 5.31. The average Bonchev–Trinajstić information content (AvgIpc) is 2.77. The number of benzene rings is 2. The van der Waals surface area contributed by atoms with Gasteiger partial charge in [0.2, 0.25) is 5.88 Å². The Morgan fingerprint density at radius 3 is 2.00 bits per heavy atom. The molecule has 0 saturated carbocycles. The smallest absolute Gasteiger partial charge is 0.416 e. The molecule has 12 heteroatoms. The fraction of sp³-hybridized carbons (Fsp3) is 0.333. The van der Waals surface area contributed by atoms with Crippen LogP contribution in [0.2, 0.25) is 0 Å². The van der Waals surface area contributed by atoms with Crippen LogP contribution in [0.1, 0.15) is 42.9 Å². The molecule has 2 aromatic rings. The lowest BCUT2D eigenvalue weighted by Crippen LogP contribution is -2.28. The molecule has 194 valence electrons. The Bertz CT molecular complexity index is 1170. The van der Waals surface area contributed by atoms with Crippen molar-refractivity contribution in [2.45, 2.75) is 38.5 Å². The first-order valence-corrected chi connectivity index (χ1v) is 10.7. The molecule has 0 amide bonds. The van der Waals surface area contributed by atoms with Gasteiger partial charge in [-0.25, -0.2) is 4.79 Å². The van der Waals surface area contributed by atoms with E-state index in [2.05, 4.69) is 0 Å². The number of halogens is 6. The number of ether oxygens (including phenoxy) is 3. The molecule has 1 atom stereocenters. The van der Waals surface area contributed by atoms with Crippen molar-refractivity contribution in [1.82, 2.24) is 0 Å². The summed E-state index contributed by atoms with van der Waals surface area (Å²) in [5, 5.41) is 0. The SMILES string of the molecule is CCOC(=O)CC1C(C(=O)OCC)=C(N)Oc2ccc(-c3cc(C(F)(F)F)cc(C(F)(F)F)c3)cc21. The van der Waals surface area contributed by atoms with Gasteiger partial charge in [0.05, 0.1) is 30.8 Å². The molecular weight excluding hydrogens is 496 g/mol. The molecule has 36 heavy (non-hydrogen) atoms. The van der Waals surface area contributed by atoms with Crippen LogP contribution >= 0.6 is 0 Å². The molecule has 1 aliphatic rings. The highest BCUT2D eigenvalue weighted by molar-refractivity contribution is 5.93. The highest BCUT2D eigenvalue weighted by atomic mass is 19.4. The van der Waals surface area contributed by atoms with Gasteiger partial charge in [0.15, 0.2) is 0 Å². The van der Waals surface area contributed by atoms with Crippen molar-refractivity contribution >= 4 is 11.9 Å². The van der Waals surface area contributed by atoms with E-state index < -0.39 is 47.8 Å². The van der Waals surface area contributed by atoms with Crippen LogP contribution in [0.25, 0.3) is 11.1 Å². The molecule has 0 radical (unpaired) electrons. The van der Waals surface area contributed by atoms with Crippen LogP contribution in [0.15, 0.2) is 47.9 Å². The number of carbonyl (C=O) groups excluding carboxylic acids is 2. The number of hydrogen-bond acceptors (Lipinski definition) is 6. The van der Waals surface area contributed by atoms with E-state index in [0.29, 0.717) is 12.1 Å². The number of alkyl halides is 6. The van der Waals surface area contributed by atoms with Gasteiger partial charge in [0, 0.05) is 11.5 Å². The lowest BCUT2D eigenvalue weighted by molar-refractivity contribution is -0.145. The van der Waals surface area contributed by atoms with E-state index in [0.717, 1.165) is 0 Å². The van der Waals surface area contributed by atoms with Crippen LogP contribution in [0.4, 0.5) is 26.3 Å². The Kier molecular flexibility index (Phi) is 7.56. The first-order valence-electron chi connectivity index (χ1n) is 10.7. The van der Waals surface area contributed by atoms with Gasteiger partial charge in [0.1, 0.15) is 11.3 Å². The molecule has 1 heterocycles. The summed E-state index contributed by atoms with van der Waals surface area (Å²) in [5.74, 6) is -2.96. The fourth-order valence-corrected chi connectivity index (χ4v) is 3.77. The number of esters is 2. The topological polar surface area (TPSA) is 87.9 Å². The maximum Gasteiger partial charge on any atom is 0.416 e. The van der Waals surface area contributed by atoms with Gasteiger partial charge in [-0.3, -0.25) is 4.79 Å². The second-order valence-electron chi connectivity index (χ2n) is 7.71. The summed E-state index contributed by atoms with van der Waals surface area (Å²) in [7, 11) is 0. The second kappa shape index (κ2) is 10.1. The minimum absolute atomic E-state index is 0.0247. The lowest BCUT2D eigenvalue weighted by Gasteiger charge is -2.28. The van der Waals surface area contributed by atoms with E-state index in [4.69, 9.17) is 19.9 Å². The highest BCUT2D eigenvalue weighted by Crippen LogP contribution is 2.44. The molecule has 1 aliphatic heterocycles. The Hall–Kier alpha value is -3.70. The first kappa shape index (κ1) is 26.9. The van der Waals surface area contributed by atoms with Crippen molar-refractivity contribution < 1.29 is 50.1 Å². The van der Waals surface area contributed by atoms with Gasteiger partial charge in [-0.15, -0.1) is 0 Å². The van der Waals surface area contributed by atoms with E-state index in [-0.39, 0.29) is 53.2 Å². The van der Waals surface area contributed by atoms with Crippen LogP contribution in [-0.4, -0.2) is 25.2 Å². The minimum atomic E-state index is -5.03. The van der Waals surface area contributed by atoms with Gasteiger partial charge in [0.25, 0.3) is 0 Å². The van der Waals surface area contributed by atoms with Crippen LogP contribution in [-0.2, 0) is 31.4 Å². The summed E-state index contributed by atoms with van der Waals surface area (Å²) < 4.78 is 95.5. The molecule has 6 nitrogen and oxygen atoms in total. The van der Waals surface area contributed by atoms with Crippen molar-refractivity contribution in [2.75, 3.05) is 13.2 Å². The van der Waals surface area contributed by atoms with Crippen LogP contribution in [0.3, 0.4) is 0 Å². The van der Waals surface area contributed by atoms with Gasteiger partial charge < -0.3 is 19.9 Å². The van der Waals surface area contributed by atoms with Gasteiger partial charge in [-0.2, -0.15) is 26.3 Å². The van der Waals surface area contributed by atoms with Crippen molar-refractivity contribution in [3.63, 3.8) is 0 Å². The summed E-state index contributed by atoms with van der Waals surface area (Å²) in [5.41, 5.74) is 2.45. The molecule has 0 aromatic heterocycles. The summed E-state index contributed by atoms with van der Waals surface area (Å²) in [6.07, 6.45) is -10.5. The molecule has 0 fully saturated rings. The predicted octanol–water partition coefficient (Wildman–Crippen LogP) is 5.55. The maximum atomic E-state index is 13.3. The summed E-state index contributed by atoms with van der Waals surface area (Å²) in [6, 6.07) is 4.97. The standard InChI is InChI=1S/C24H21F6NO5/c1-3-34-19(32)11-17-16-9-12(5-6-18(16)36-21(31)20(17)22(33)35-4-2)13-7-14(23(25,26)27)10-15(8-13)24(28,29)30/h5-10,17H,3-4,11,31H2,1-2H3. The van der Waals surface area contributed by atoms with Crippen LogP contribution in [0, 0.1) is 0 Å². The van der Waals surface area contributed by atoms with E-state index in [9.17, 15) is 35.9 Å². The molecule has 2 aromatic carbocycles. The fourth-order valence-electron chi connectivity index (χ4n) is 3.77. The number of fused-ring (bicyclic) bond motifs is 1. The predicted molar refractivity (Wildman–Crippen MR) is 114 cm³/mol. The van der Waals surface area contributed by atoms with E-state index in [1.807, 2.05) is 0 Å². The molecule has 0 bridgehead atoms. The summed E-state index contributed by atoms with van der Waals surface area (Å²) >= 11 is 0. The van der Waals surface area contributed by atoms with Gasteiger partial charge >= 0.3 is 24.3 Å². The molecule has 0 saturated heterocycles. The summed E-state index contributed by atoms with van der Waals surface area (Å²) in [4.78, 5) is 24.9. The van der Waals surface area contributed by atoms with Gasteiger partial charge in [-0.05, 0) is 55.3 Å². The molecule has 3 rings (SSSR count). The Morgan fingerprint density at radius 2 is 1.47 bits per heavy atom. The van der Waals surface area contributed by atoms with E-state index in [1.54, 1.807) is 6.92 Å². The Morgan fingerprint density at radius 1 is 0.889 bits per heavy atom. The number of nitrogens with two attached hydrogens (primary N) is 1. The molecular formula is C24H21F6NO5. The molecule has 1 unspecified atom stereocenters. The zero-order valence-electron chi connectivity index (χ0n) is 19.0. The van der Waals surface area contributed by atoms with E-state index in [1.165, 1.54) is 25.1 Å². The Balaban J connectivity index is 2.18. The molecule has 0 spiro atoms. The number of hydrogen-bond donors (Lipinski definition) is 1. The number of carbonyl (C=O) groups is 2.